The van der Waals surface area contributed by atoms with Crippen molar-refractivity contribution in [1.82, 2.24) is 4.98 Å². The lowest BCUT2D eigenvalue weighted by Crippen LogP contribution is -2.63. The number of ether oxygens (including phenoxy) is 1. The lowest BCUT2D eigenvalue weighted by molar-refractivity contribution is -0.687. The van der Waals surface area contributed by atoms with Crippen LogP contribution in [0.15, 0.2) is 53.7 Å². The highest BCUT2D eigenvalue weighted by molar-refractivity contribution is 8.01. The van der Waals surface area contributed by atoms with E-state index in [0.29, 0.717) is 12.8 Å². The van der Waals surface area contributed by atoms with E-state index in [2.05, 4.69) is 76.4 Å². The highest BCUT2D eigenvalue weighted by Crippen LogP contribution is 2.68. The van der Waals surface area contributed by atoms with Crippen LogP contribution in [0.1, 0.15) is 76.5 Å². The van der Waals surface area contributed by atoms with Crippen LogP contribution < -0.4 is 4.57 Å². The number of aryl methyl sites for hydroxylation is 2. The van der Waals surface area contributed by atoms with Gasteiger partial charge < -0.3 is 9.84 Å². The van der Waals surface area contributed by atoms with E-state index in [0.717, 1.165) is 40.4 Å². The molecule has 6 rings (SSSR count). The van der Waals surface area contributed by atoms with E-state index in [4.69, 9.17) is 9.72 Å². The number of esters is 1. The summed E-state index contributed by atoms with van der Waals surface area (Å²) >= 11 is 2.99. The van der Waals surface area contributed by atoms with Crippen molar-refractivity contribution < 1.29 is 24.0 Å². The molecule has 3 aliphatic carbocycles. The van der Waals surface area contributed by atoms with E-state index in [1.165, 1.54) is 28.5 Å². The zero-order valence-electron chi connectivity index (χ0n) is 27.5. The molecule has 3 fully saturated rings. The molecule has 8 heteroatoms. The van der Waals surface area contributed by atoms with E-state index >= 15 is 0 Å². The molecule has 0 unspecified atom stereocenters. The van der Waals surface area contributed by atoms with E-state index in [9.17, 15) is 14.7 Å². The van der Waals surface area contributed by atoms with E-state index in [-0.39, 0.29) is 40.7 Å². The summed E-state index contributed by atoms with van der Waals surface area (Å²) in [5.74, 6) is 0.0344. The van der Waals surface area contributed by atoms with Gasteiger partial charge in [-0.25, -0.2) is 4.98 Å². The van der Waals surface area contributed by atoms with Gasteiger partial charge in [0.1, 0.15) is 16.6 Å². The lowest BCUT2D eigenvalue weighted by atomic mass is 9.44. The second kappa shape index (κ2) is 11.9. The molecule has 2 heterocycles. The van der Waals surface area contributed by atoms with Gasteiger partial charge in [0.05, 0.1) is 17.4 Å². The first-order valence-electron chi connectivity index (χ1n) is 16.3. The fourth-order valence-corrected chi connectivity index (χ4v) is 11.1. The second-order valence-electron chi connectivity index (χ2n) is 14.7. The highest BCUT2D eigenvalue weighted by Gasteiger charge is 2.68. The van der Waals surface area contributed by atoms with Crippen molar-refractivity contribution in [3.8, 4) is 0 Å². The van der Waals surface area contributed by atoms with Crippen LogP contribution in [-0.4, -0.2) is 39.8 Å². The van der Waals surface area contributed by atoms with Gasteiger partial charge in [0.15, 0.2) is 23.3 Å². The molecule has 6 nitrogen and oxygen atoms in total. The van der Waals surface area contributed by atoms with Crippen molar-refractivity contribution in [3.63, 3.8) is 0 Å². The number of aliphatic hydroxyl groups is 1. The zero-order valence-corrected chi connectivity index (χ0v) is 29.1. The minimum absolute atomic E-state index is 0.0466. The number of Topliss-reactive ketones (excluding diaryl/α,β-unsaturated/α-hetero) is 1. The van der Waals surface area contributed by atoms with Gasteiger partial charge in [-0.3, -0.25) is 9.59 Å². The van der Waals surface area contributed by atoms with E-state index in [1.807, 2.05) is 19.1 Å². The molecule has 0 spiro atoms. The third kappa shape index (κ3) is 5.59. The minimum Gasteiger partial charge on any atom is -0.461 e. The molecule has 3 saturated carbocycles. The molecular weight excluding hydrogens is 601 g/mol. The van der Waals surface area contributed by atoms with Crippen LogP contribution in [-0.2, 0) is 20.9 Å². The average Bonchev–Trinajstić information content (AvgIpc) is 3.57. The number of hydrogen-bond acceptors (Lipinski definition) is 7. The molecule has 2 aromatic heterocycles. The maximum absolute atomic E-state index is 13.6. The highest BCUT2D eigenvalue weighted by atomic mass is 32.2. The predicted molar refractivity (Wildman–Crippen MR) is 180 cm³/mol. The largest absolute Gasteiger partial charge is 0.461 e. The molecule has 2 bridgehead atoms. The molecule has 3 aromatic rings. The molecule has 45 heavy (non-hydrogen) atoms. The number of thioether (sulfide) groups is 1. The Bertz CT molecular complexity index is 1630. The number of hydrogen-bond donors (Lipinski definition) is 1. The maximum atomic E-state index is 13.6. The molecule has 0 saturated heterocycles. The van der Waals surface area contributed by atoms with Gasteiger partial charge in [0.25, 0.3) is 0 Å². The number of benzene rings is 1. The molecule has 1 N–H and O–H groups in total. The normalized spacial score (nSPS) is 34.6. The molecular formula is C37H47N2O4S2+. The minimum atomic E-state index is -0.669. The van der Waals surface area contributed by atoms with Crippen LogP contribution >= 0.6 is 23.1 Å². The molecule has 1 aromatic carbocycles. The summed E-state index contributed by atoms with van der Waals surface area (Å²) in [6.45, 7) is 17.7. The van der Waals surface area contributed by atoms with Crippen molar-refractivity contribution in [2.45, 2.75) is 96.7 Å². The Morgan fingerprint density at radius 2 is 1.96 bits per heavy atom. The van der Waals surface area contributed by atoms with Gasteiger partial charge in [0.2, 0.25) is 0 Å². The summed E-state index contributed by atoms with van der Waals surface area (Å²) in [4.78, 5) is 32.0. The Hall–Kier alpha value is -2.55. The Kier molecular flexibility index (Phi) is 8.58. The number of fused-ring (bicyclic) bond motifs is 1. The van der Waals surface area contributed by atoms with Gasteiger partial charge in [-0.15, -0.1) is 17.9 Å². The third-order valence-electron chi connectivity index (χ3n) is 11.9. The zero-order chi connectivity index (χ0) is 32.3. The Balaban J connectivity index is 1.21. The molecule has 240 valence electrons. The molecule has 3 aliphatic rings. The third-order valence-corrected chi connectivity index (χ3v) is 14.0. The molecule has 8 atom stereocenters. The number of thiazole rings is 1. The first-order chi connectivity index (χ1) is 21.3. The molecule has 0 radical (unpaired) electrons. The number of pyridine rings is 1. The van der Waals surface area contributed by atoms with Gasteiger partial charge in [-0.2, -0.15) is 4.57 Å². The Morgan fingerprint density at radius 1 is 1.22 bits per heavy atom. The number of carbonyl (C=O) groups is 2. The summed E-state index contributed by atoms with van der Waals surface area (Å²) < 4.78 is 10.5. The molecule has 0 amide bonds. The van der Waals surface area contributed by atoms with Gasteiger partial charge in [0, 0.05) is 34.8 Å². The number of aliphatic hydroxyl groups excluding tert-OH is 1. The van der Waals surface area contributed by atoms with Crippen molar-refractivity contribution in [2.24, 2.45) is 34.0 Å². The predicted octanol–water partition coefficient (Wildman–Crippen LogP) is 7.25. The number of ketones is 1. The summed E-state index contributed by atoms with van der Waals surface area (Å²) in [5.41, 5.74) is 3.27. The van der Waals surface area contributed by atoms with Crippen LogP contribution in [0.25, 0.3) is 10.2 Å². The van der Waals surface area contributed by atoms with Crippen molar-refractivity contribution >= 4 is 45.1 Å². The Morgan fingerprint density at radius 3 is 2.67 bits per heavy atom. The van der Waals surface area contributed by atoms with Gasteiger partial charge >= 0.3 is 5.97 Å². The smallest absolute Gasteiger partial charge is 0.316 e. The quantitative estimate of drug-likeness (QED) is 0.126. The summed E-state index contributed by atoms with van der Waals surface area (Å²) in [6, 6.07) is 8.65. The van der Waals surface area contributed by atoms with Gasteiger partial charge in [-0.05, 0) is 68.9 Å². The standard InChI is InChI=1S/C37H47N2O4S2/c1-8-35(6)18-30(36(7)24(4)9-12-37(25(5)33(35)42)13-10-28(40)32(36)37)43-31(41)21-44-34-38-27-11-14-39(20-29(27)45-34)19-26-16-22(2)15-23(3)17-26/h8,11,14-17,20,24-25,30,32-33,42H,1,9-10,12-13,18-19,21H2,2-7H3/q+1/t24-,25+,30-,32+,33+,35-,36+,37+/m1/s1. The first-order valence-corrected chi connectivity index (χ1v) is 18.1. The van der Waals surface area contributed by atoms with Crippen LogP contribution in [0.4, 0.5) is 0 Å². The topological polar surface area (TPSA) is 80.4 Å². The summed E-state index contributed by atoms with van der Waals surface area (Å²) in [5, 5.41) is 11.8. The van der Waals surface area contributed by atoms with Crippen molar-refractivity contribution in [2.75, 3.05) is 5.75 Å². The van der Waals surface area contributed by atoms with Crippen molar-refractivity contribution in [1.29, 1.82) is 0 Å². The molecule has 0 aliphatic heterocycles. The maximum Gasteiger partial charge on any atom is 0.316 e. The number of nitrogens with zero attached hydrogens (tertiary/aromatic N) is 2. The monoisotopic (exact) mass is 647 g/mol. The second-order valence-corrected chi connectivity index (χ2v) is 16.9. The number of carbonyl (C=O) groups excluding carboxylic acids is 2. The van der Waals surface area contributed by atoms with E-state index in [1.54, 1.807) is 11.3 Å². The van der Waals surface area contributed by atoms with Crippen LogP contribution in [0, 0.1) is 47.8 Å². The fraction of sp³-hybridized carbons (Fsp3) is 0.568. The van der Waals surface area contributed by atoms with E-state index < -0.39 is 23.0 Å². The number of aromatic nitrogens is 2. The van der Waals surface area contributed by atoms with Crippen LogP contribution in [0.2, 0.25) is 0 Å². The fourth-order valence-electron chi connectivity index (χ4n) is 9.24. The summed E-state index contributed by atoms with van der Waals surface area (Å²) in [6.07, 6.45) is 8.50. The number of rotatable bonds is 7. The average molecular weight is 648 g/mol. The first kappa shape index (κ1) is 32.4. The summed E-state index contributed by atoms with van der Waals surface area (Å²) in [7, 11) is 0. The Labute approximate surface area is 275 Å². The van der Waals surface area contributed by atoms with Crippen molar-refractivity contribution in [3.05, 3.63) is 66.0 Å². The van der Waals surface area contributed by atoms with Gasteiger partial charge in [-0.1, -0.05) is 62.7 Å². The lowest BCUT2D eigenvalue weighted by Gasteiger charge is -2.61. The van der Waals surface area contributed by atoms with Crippen LogP contribution in [0.5, 0.6) is 0 Å². The SMILES string of the molecule is C=C[C@]1(C)C[C@@H](OC(=O)CSc2nc3cc[n+](Cc4cc(C)cc(C)c4)cc3s2)[C@]2(C)[C@H](C)CC[C@]3(CCC(=O)[C@H]32)[C@@H](C)[C@@H]1O. The van der Waals surface area contributed by atoms with Crippen LogP contribution in [0.3, 0.4) is 0 Å².